The lowest BCUT2D eigenvalue weighted by Gasteiger charge is -2.20. The molecule has 0 saturated heterocycles. The van der Waals surface area contributed by atoms with Crippen LogP contribution in [0.3, 0.4) is 0 Å². The zero-order valence-corrected chi connectivity index (χ0v) is 41.0. The second-order valence-corrected chi connectivity index (χ2v) is 20.6. The Labute approximate surface area is 402 Å². The van der Waals surface area contributed by atoms with Crippen LogP contribution in [0.2, 0.25) is 0 Å². The Hall–Kier alpha value is -6.83. The molecule has 0 radical (unpaired) electrons. The SMILES string of the molecule is CCCCCCc1ccc(-n2c3cc4c5sc(-c6ccc(N(C)C)cc6)cc5n(-c5ccc(CCCCCC)cc5)c4cc3c3sc(/C=C/C4=C(C#N)C(=C(C#N)C#N)OC4(C)C)cc32)cc1. The van der Waals surface area contributed by atoms with Gasteiger partial charge in [-0.1, -0.05) is 94.8 Å². The first-order chi connectivity index (χ1) is 32.6. The number of aryl methyl sites for hydroxylation is 2. The molecule has 0 aliphatic carbocycles. The molecule has 336 valence electrons. The van der Waals surface area contributed by atoms with Gasteiger partial charge in [0, 0.05) is 57.3 Å². The topological polar surface area (TPSA) is 93.7 Å². The largest absolute Gasteiger partial charge is 0.480 e. The highest BCUT2D eigenvalue weighted by atomic mass is 32.1. The first-order valence-corrected chi connectivity index (χ1v) is 25.3. The number of rotatable bonds is 16. The molecule has 0 atom stereocenters. The number of aromatic nitrogens is 2. The maximum Gasteiger partial charge on any atom is 0.172 e. The van der Waals surface area contributed by atoms with Gasteiger partial charge in [0.1, 0.15) is 29.4 Å². The smallest absolute Gasteiger partial charge is 0.172 e. The number of nitrogens with zero attached hydrogens (tertiary/aromatic N) is 6. The van der Waals surface area contributed by atoms with Crippen molar-refractivity contribution in [2.45, 2.75) is 97.5 Å². The third-order valence-electron chi connectivity index (χ3n) is 13.2. The van der Waals surface area contributed by atoms with Crippen molar-refractivity contribution in [1.82, 2.24) is 9.13 Å². The van der Waals surface area contributed by atoms with Gasteiger partial charge >= 0.3 is 0 Å². The van der Waals surface area contributed by atoms with E-state index in [1.54, 1.807) is 11.3 Å². The highest BCUT2D eigenvalue weighted by molar-refractivity contribution is 7.23. The molecule has 9 heteroatoms. The molecule has 7 nitrogen and oxygen atoms in total. The molecule has 4 aromatic heterocycles. The highest BCUT2D eigenvalue weighted by Crippen LogP contribution is 2.47. The number of thiophene rings is 2. The molecule has 67 heavy (non-hydrogen) atoms. The minimum atomic E-state index is -0.903. The lowest BCUT2D eigenvalue weighted by Crippen LogP contribution is -2.20. The van der Waals surface area contributed by atoms with E-state index in [1.165, 1.54) is 110 Å². The van der Waals surface area contributed by atoms with Crippen molar-refractivity contribution < 1.29 is 4.74 Å². The molecule has 0 unspecified atom stereocenters. The van der Waals surface area contributed by atoms with Crippen molar-refractivity contribution in [1.29, 1.82) is 15.8 Å². The predicted molar refractivity (Wildman–Crippen MR) is 281 cm³/mol. The summed E-state index contributed by atoms with van der Waals surface area (Å²) in [6.45, 7) is 8.24. The van der Waals surface area contributed by atoms with Gasteiger partial charge in [-0.05, 0) is 123 Å². The van der Waals surface area contributed by atoms with E-state index in [1.807, 2.05) is 49.5 Å². The third-order valence-corrected chi connectivity index (χ3v) is 15.5. The van der Waals surface area contributed by atoms with Crippen LogP contribution in [0.4, 0.5) is 5.69 Å². The van der Waals surface area contributed by atoms with Gasteiger partial charge in [-0.25, -0.2) is 0 Å². The molecule has 0 fully saturated rings. The number of benzene rings is 4. The van der Waals surface area contributed by atoms with Gasteiger partial charge in [0.25, 0.3) is 0 Å². The van der Waals surface area contributed by atoms with Crippen molar-refractivity contribution in [3.63, 3.8) is 0 Å². The fraction of sp³-hybridized carbons (Fsp3) is 0.293. The van der Waals surface area contributed by atoms with Crippen LogP contribution in [-0.2, 0) is 17.6 Å². The van der Waals surface area contributed by atoms with Gasteiger partial charge in [-0.2, -0.15) is 15.8 Å². The average molecular weight is 917 g/mol. The standard InChI is InChI=1S/C58H56N6OS2/c1-7-9-11-13-15-38-17-23-43(24-18-38)63-50-33-47-51(32-46(50)56-52(63)31-45(66-56)29-30-49-48(37-61)55(41(35-59)36-60)65-58(49,3)4)64(44-25-19-39(20-26-44)16-14-12-10-8-2)53-34-54(67-57(47)53)40-21-27-42(28-22-40)62(5)6/h17-34H,7-16H2,1-6H3/b30-29+. The number of fused-ring (bicyclic) bond motifs is 6. The minimum Gasteiger partial charge on any atom is -0.480 e. The second kappa shape index (κ2) is 19.2. The number of unbranched alkanes of at least 4 members (excludes halogenated alkanes) is 6. The number of allylic oxidation sites excluding steroid dienone is 2. The molecule has 0 amide bonds. The Morgan fingerprint density at radius 1 is 0.642 bits per heavy atom. The van der Waals surface area contributed by atoms with Crippen LogP contribution in [0.5, 0.6) is 0 Å². The van der Waals surface area contributed by atoms with Crippen molar-refractivity contribution >= 4 is 76.7 Å². The monoisotopic (exact) mass is 916 g/mol. The van der Waals surface area contributed by atoms with E-state index in [4.69, 9.17) is 4.74 Å². The Bertz CT molecular complexity index is 3350. The Morgan fingerprint density at radius 2 is 1.18 bits per heavy atom. The molecule has 0 N–H and O–H groups in total. The van der Waals surface area contributed by atoms with Crippen LogP contribution < -0.4 is 4.90 Å². The van der Waals surface area contributed by atoms with Crippen LogP contribution in [0.15, 0.2) is 126 Å². The molecular weight excluding hydrogens is 861 g/mol. The van der Waals surface area contributed by atoms with Crippen molar-refractivity contribution in [3.8, 4) is 40.0 Å². The maximum atomic E-state index is 10.2. The van der Waals surface area contributed by atoms with Crippen LogP contribution in [0.1, 0.15) is 95.1 Å². The average Bonchev–Trinajstić information content (AvgIpc) is 4.13. The quantitative estimate of drug-likeness (QED) is 0.0711. The van der Waals surface area contributed by atoms with E-state index >= 15 is 0 Å². The van der Waals surface area contributed by atoms with E-state index < -0.39 is 5.60 Å². The van der Waals surface area contributed by atoms with Gasteiger partial charge < -0.3 is 18.8 Å². The predicted octanol–water partition coefficient (Wildman–Crippen LogP) is 15.9. The van der Waals surface area contributed by atoms with Gasteiger partial charge in [-0.3, -0.25) is 0 Å². The zero-order chi connectivity index (χ0) is 46.8. The minimum absolute atomic E-state index is 0.0441. The summed E-state index contributed by atoms with van der Waals surface area (Å²) < 4.78 is 13.4. The van der Waals surface area contributed by atoms with Crippen LogP contribution in [0.25, 0.3) is 70.1 Å². The molecule has 1 aliphatic rings. The van der Waals surface area contributed by atoms with Gasteiger partial charge in [0.15, 0.2) is 11.3 Å². The van der Waals surface area contributed by atoms with E-state index in [0.717, 1.165) is 40.1 Å². The summed E-state index contributed by atoms with van der Waals surface area (Å²) in [6, 6.07) is 42.7. The summed E-state index contributed by atoms with van der Waals surface area (Å²) in [7, 11) is 4.16. The van der Waals surface area contributed by atoms with Crippen molar-refractivity contribution in [2.75, 3.05) is 19.0 Å². The van der Waals surface area contributed by atoms with Gasteiger partial charge in [0.05, 0.1) is 31.5 Å². The lowest BCUT2D eigenvalue weighted by molar-refractivity contribution is 0.0954. The van der Waals surface area contributed by atoms with Crippen LogP contribution in [0, 0.1) is 34.0 Å². The number of ether oxygens (including phenoxy) is 1. The fourth-order valence-electron chi connectivity index (χ4n) is 9.56. The molecular formula is C58H56N6OS2. The molecule has 0 saturated carbocycles. The summed E-state index contributed by atoms with van der Waals surface area (Å²) in [5.74, 6) is 0.0441. The van der Waals surface area contributed by atoms with E-state index in [-0.39, 0.29) is 16.9 Å². The number of anilines is 1. The third kappa shape index (κ3) is 8.69. The maximum absolute atomic E-state index is 10.2. The molecule has 0 bridgehead atoms. The van der Waals surface area contributed by atoms with Crippen LogP contribution >= 0.6 is 22.7 Å². The number of hydrogen-bond acceptors (Lipinski definition) is 7. The molecule has 8 aromatic rings. The summed E-state index contributed by atoms with van der Waals surface area (Å²) in [6.07, 6.45) is 16.0. The molecule has 4 aromatic carbocycles. The van der Waals surface area contributed by atoms with Gasteiger partial charge in [-0.15, -0.1) is 22.7 Å². The molecule has 0 spiro atoms. The van der Waals surface area contributed by atoms with E-state index in [9.17, 15) is 15.8 Å². The first kappa shape index (κ1) is 45.3. The summed E-state index contributed by atoms with van der Waals surface area (Å²) >= 11 is 3.59. The Balaban J connectivity index is 1.23. The summed E-state index contributed by atoms with van der Waals surface area (Å²) in [5.41, 5.74) is 11.8. The lowest BCUT2D eigenvalue weighted by atomic mass is 9.94. The second-order valence-electron chi connectivity index (χ2n) is 18.4. The zero-order valence-electron chi connectivity index (χ0n) is 39.4. The van der Waals surface area contributed by atoms with E-state index in [2.05, 4.69) is 145 Å². The molecule has 5 heterocycles. The number of hydrogen-bond donors (Lipinski definition) is 0. The van der Waals surface area contributed by atoms with Gasteiger partial charge in [0.2, 0.25) is 0 Å². The van der Waals surface area contributed by atoms with Crippen molar-refractivity contribution in [3.05, 3.63) is 142 Å². The van der Waals surface area contributed by atoms with Crippen molar-refractivity contribution in [2.24, 2.45) is 0 Å². The molecule has 9 rings (SSSR count). The van der Waals surface area contributed by atoms with Crippen LogP contribution in [-0.4, -0.2) is 28.8 Å². The summed E-state index contributed by atoms with van der Waals surface area (Å²) in [5, 5.41) is 31.9. The summed E-state index contributed by atoms with van der Waals surface area (Å²) in [4.78, 5) is 4.40. The number of nitriles is 3. The molecule has 1 aliphatic heterocycles. The fourth-order valence-corrected chi connectivity index (χ4v) is 11.8. The highest BCUT2D eigenvalue weighted by Gasteiger charge is 2.38. The normalized spacial score (nSPS) is 13.6. The first-order valence-electron chi connectivity index (χ1n) is 23.7. The Kier molecular flexibility index (Phi) is 13.0. The van der Waals surface area contributed by atoms with E-state index in [0.29, 0.717) is 5.57 Å². The Morgan fingerprint density at radius 3 is 1.69 bits per heavy atom.